The maximum Gasteiger partial charge on any atom is 0.274 e. The van der Waals surface area contributed by atoms with Crippen molar-refractivity contribution in [3.8, 4) is 0 Å². The maximum atomic E-state index is 10.8. The third-order valence-corrected chi connectivity index (χ3v) is 5.91. The van der Waals surface area contributed by atoms with E-state index in [1.807, 2.05) is 18.2 Å². The lowest BCUT2D eigenvalue weighted by molar-refractivity contribution is -0.404. The third kappa shape index (κ3) is 9.16. The number of halogens is 1. The zero-order valence-corrected chi connectivity index (χ0v) is 17.8. The van der Waals surface area contributed by atoms with Crippen molar-refractivity contribution >= 4 is 39.5 Å². The van der Waals surface area contributed by atoms with E-state index in [-0.39, 0.29) is 0 Å². The van der Waals surface area contributed by atoms with Gasteiger partial charge in [-0.25, -0.2) is 4.98 Å². The lowest BCUT2D eigenvalue weighted by atomic mass is 10.4. The number of aromatic amines is 1. The van der Waals surface area contributed by atoms with E-state index < -0.39 is 4.92 Å². The van der Waals surface area contributed by atoms with Crippen LogP contribution < -0.4 is 10.6 Å². The number of thioether (sulfide) groups is 2. The number of pyridine rings is 1. The van der Waals surface area contributed by atoms with Crippen LogP contribution in [0.3, 0.4) is 0 Å². The van der Waals surface area contributed by atoms with Crippen molar-refractivity contribution in [2.45, 2.75) is 11.5 Å². The zero-order valence-electron chi connectivity index (χ0n) is 14.6. The van der Waals surface area contributed by atoms with E-state index in [1.165, 1.54) is 0 Å². The second-order valence-electron chi connectivity index (χ2n) is 5.28. The van der Waals surface area contributed by atoms with Crippen molar-refractivity contribution in [1.29, 1.82) is 0 Å². The minimum Gasteiger partial charge on any atom is -0.366 e. The van der Waals surface area contributed by atoms with Crippen LogP contribution in [0, 0.1) is 10.1 Å². The van der Waals surface area contributed by atoms with Gasteiger partial charge in [0.05, 0.1) is 22.6 Å². The van der Waals surface area contributed by atoms with Crippen LogP contribution in [0.2, 0.25) is 0 Å². The molecule has 0 spiro atoms. The Morgan fingerprint density at radius 3 is 2.56 bits per heavy atom. The Hall–Kier alpha value is -1.72. The molecule has 0 fully saturated rings. The van der Waals surface area contributed by atoms with Crippen LogP contribution >= 0.6 is 39.5 Å². The summed E-state index contributed by atoms with van der Waals surface area (Å²) < 4.78 is 0.821. The normalized spacial score (nSPS) is 11.4. The van der Waals surface area contributed by atoms with Crippen molar-refractivity contribution in [1.82, 2.24) is 25.6 Å². The Balaban J connectivity index is 1.61. The third-order valence-electron chi connectivity index (χ3n) is 3.25. The summed E-state index contributed by atoms with van der Waals surface area (Å²) in [4.78, 5) is 21.7. The van der Waals surface area contributed by atoms with Crippen LogP contribution in [0.4, 0.5) is 0 Å². The molecule has 2 aromatic rings. The molecule has 0 aromatic carbocycles. The molecule has 0 saturated heterocycles. The van der Waals surface area contributed by atoms with Gasteiger partial charge < -0.3 is 15.6 Å². The Bertz CT molecular complexity index is 729. The Morgan fingerprint density at radius 1 is 1.22 bits per heavy atom. The summed E-state index contributed by atoms with van der Waals surface area (Å²) in [6.07, 6.45) is 4.39. The van der Waals surface area contributed by atoms with E-state index in [4.69, 9.17) is 0 Å². The van der Waals surface area contributed by atoms with Crippen molar-refractivity contribution < 1.29 is 4.92 Å². The Morgan fingerprint density at radius 2 is 1.96 bits per heavy atom. The van der Waals surface area contributed by atoms with Crippen LogP contribution in [-0.2, 0) is 11.5 Å². The zero-order chi connectivity index (χ0) is 19.3. The first-order chi connectivity index (χ1) is 13.1. The molecule has 27 heavy (non-hydrogen) atoms. The lowest BCUT2D eigenvalue weighted by Crippen LogP contribution is -2.30. The molecule has 2 heterocycles. The number of imidazole rings is 1. The number of nitro groups is 1. The monoisotopic (exact) mass is 472 g/mol. The van der Waals surface area contributed by atoms with Gasteiger partial charge in [0.25, 0.3) is 6.20 Å². The van der Waals surface area contributed by atoms with Gasteiger partial charge in [-0.05, 0) is 28.1 Å². The molecule has 2 aromatic heterocycles. The van der Waals surface area contributed by atoms with Crippen LogP contribution in [-0.4, -0.2) is 44.5 Å². The summed E-state index contributed by atoms with van der Waals surface area (Å²) in [5.41, 5.74) is 2.06. The van der Waals surface area contributed by atoms with Gasteiger partial charge in [0.15, 0.2) is 5.82 Å². The van der Waals surface area contributed by atoms with Gasteiger partial charge >= 0.3 is 0 Å². The molecule has 8 nitrogen and oxygen atoms in total. The fourth-order valence-electron chi connectivity index (χ4n) is 2.01. The highest BCUT2D eigenvalue weighted by molar-refractivity contribution is 9.10. The van der Waals surface area contributed by atoms with Gasteiger partial charge in [0.2, 0.25) is 0 Å². The van der Waals surface area contributed by atoms with Crippen LogP contribution in [0.5, 0.6) is 0 Å². The summed E-state index contributed by atoms with van der Waals surface area (Å²) in [5.74, 6) is 3.70. The van der Waals surface area contributed by atoms with E-state index in [0.29, 0.717) is 18.9 Å². The molecule has 0 amide bonds. The SMILES string of the molecule is O=[N+]([O-])/C=C(/NCCSCc1ccccn1)NCCSCc1[nH]cnc1Br. The molecule has 0 saturated carbocycles. The highest BCUT2D eigenvalue weighted by atomic mass is 79.9. The van der Waals surface area contributed by atoms with Crippen molar-refractivity contribution in [2.24, 2.45) is 0 Å². The molecule has 0 aliphatic carbocycles. The molecular formula is C16H21BrN6O2S2. The largest absolute Gasteiger partial charge is 0.366 e. The van der Waals surface area contributed by atoms with Crippen LogP contribution in [0.25, 0.3) is 0 Å². The number of hydrogen-bond acceptors (Lipinski definition) is 8. The molecule has 0 bridgehead atoms. The first kappa shape index (κ1) is 21.6. The first-order valence-electron chi connectivity index (χ1n) is 8.21. The second kappa shape index (κ2) is 12.6. The molecule has 0 radical (unpaired) electrons. The molecular weight excluding hydrogens is 452 g/mol. The number of nitrogens with zero attached hydrogens (tertiary/aromatic N) is 3. The number of hydrogen-bond donors (Lipinski definition) is 3. The van der Waals surface area contributed by atoms with E-state index in [1.54, 1.807) is 36.0 Å². The summed E-state index contributed by atoms with van der Waals surface area (Å²) in [7, 11) is 0. The maximum absolute atomic E-state index is 10.8. The Labute approximate surface area is 174 Å². The molecule has 0 atom stereocenters. The quantitative estimate of drug-likeness (QED) is 0.232. The van der Waals surface area contributed by atoms with Gasteiger partial charge in [0, 0.05) is 42.3 Å². The molecule has 146 valence electrons. The van der Waals surface area contributed by atoms with Gasteiger partial charge in [-0.3, -0.25) is 15.1 Å². The number of nitrogens with one attached hydrogen (secondary N) is 3. The minimum absolute atomic E-state index is 0.432. The Kier molecular flexibility index (Phi) is 10.1. The predicted octanol–water partition coefficient (Wildman–Crippen LogP) is 2.99. The minimum atomic E-state index is -0.453. The topological polar surface area (TPSA) is 109 Å². The van der Waals surface area contributed by atoms with Gasteiger partial charge in [-0.2, -0.15) is 23.5 Å². The summed E-state index contributed by atoms with van der Waals surface area (Å²) in [6, 6.07) is 5.84. The first-order valence-corrected chi connectivity index (χ1v) is 11.3. The van der Waals surface area contributed by atoms with Gasteiger partial charge in [-0.1, -0.05) is 6.07 Å². The highest BCUT2D eigenvalue weighted by Gasteiger charge is 2.04. The summed E-state index contributed by atoms with van der Waals surface area (Å²) in [6.45, 7) is 1.27. The van der Waals surface area contributed by atoms with Crippen LogP contribution in [0.15, 0.2) is 47.3 Å². The van der Waals surface area contributed by atoms with E-state index in [2.05, 4.69) is 41.5 Å². The van der Waals surface area contributed by atoms with E-state index in [0.717, 1.165) is 45.2 Å². The van der Waals surface area contributed by atoms with Gasteiger partial charge in [0.1, 0.15) is 4.60 Å². The number of aromatic nitrogens is 3. The fraction of sp³-hybridized carbons (Fsp3) is 0.375. The predicted molar refractivity (Wildman–Crippen MR) is 114 cm³/mol. The molecule has 11 heteroatoms. The fourth-order valence-corrected chi connectivity index (χ4v) is 4.14. The van der Waals surface area contributed by atoms with Crippen molar-refractivity contribution in [3.05, 3.63) is 68.8 Å². The molecule has 3 N–H and O–H groups in total. The molecule has 2 rings (SSSR count). The smallest absolute Gasteiger partial charge is 0.274 e. The van der Waals surface area contributed by atoms with Gasteiger partial charge in [-0.15, -0.1) is 0 Å². The molecule has 0 aliphatic heterocycles. The second-order valence-corrected chi connectivity index (χ2v) is 8.24. The number of rotatable bonds is 13. The molecule has 0 aliphatic rings. The standard InChI is InChI=1S/C16H21BrN6O2S2/c17-16-14(21-12-22-16)11-27-8-6-20-15(9-23(24)25)19-5-7-26-10-13-3-1-2-4-18-13/h1-4,9,12,19-20H,5-8,10-11H2,(H,21,22)/b15-9-. The lowest BCUT2D eigenvalue weighted by Gasteiger charge is -2.11. The van der Waals surface area contributed by atoms with Crippen LogP contribution in [0.1, 0.15) is 11.4 Å². The summed E-state index contributed by atoms with van der Waals surface area (Å²) in [5, 5.41) is 16.9. The molecule has 0 unspecified atom stereocenters. The summed E-state index contributed by atoms with van der Waals surface area (Å²) >= 11 is 6.82. The van der Waals surface area contributed by atoms with E-state index >= 15 is 0 Å². The van der Waals surface area contributed by atoms with E-state index in [9.17, 15) is 10.1 Å². The van der Waals surface area contributed by atoms with Crippen molar-refractivity contribution in [3.63, 3.8) is 0 Å². The number of H-pyrrole nitrogens is 1. The highest BCUT2D eigenvalue weighted by Crippen LogP contribution is 2.17. The van der Waals surface area contributed by atoms with Crippen molar-refractivity contribution in [2.75, 3.05) is 24.6 Å². The average Bonchev–Trinajstić information content (AvgIpc) is 3.06. The average molecular weight is 473 g/mol.